The quantitative estimate of drug-likeness (QED) is 0.445. The molecule has 0 unspecified atom stereocenters. The van der Waals surface area contributed by atoms with Crippen LogP contribution >= 0.6 is 23.2 Å². The van der Waals surface area contributed by atoms with Crippen LogP contribution in [0.2, 0.25) is 10.0 Å². The van der Waals surface area contributed by atoms with Crippen LogP contribution in [0.1, 0.15) is 22.3 Å². The Balaban J connectivity index is 1.88. The number of anilines is 3. The number of nitrogens with zero attached hydrogens (tertiary/aromatic N) is 2. The molecule has 34 heavy (non-hydrogen) atoms. The van der Waals surface area contributed by atoms with E-state index in [1.54, 1.807) is 18.2 Å². The Kier molecular flexibility index (Phi) is 6.77. The Hall–Kier alpha value is -2.79. The molecule has 0 saturated carbocycles. The molecule has 0 amide bonds. The number of aromatic carboxylic acids is 1. The first-order valence-electron chi connectivity index (χ1n) is 9.99. The van der Waals surface area contributed by atoms with Crippen LogP contribution in [0.15, 0.2) is 65.6 Å². The molecule has 3 aromatic rings. The fraction of sp³-hybridized carbons (Fsp3) is 0.136. The molecule has 1 aliphatic heterocycles. The van der Waals surface area contributed by atoms with Crippen molar-refractivity contribution in [3.8, 4) is 0 Å². The summed E-state index contributed by atoms with van der Waals surface area (Å²) in [6, 6.07) is 14.5. The molecule has 1 aliphatic rings. The molecule has 1 N–H and O–H groups in total. The average Bonchev–Trinajstić information content (AvgIpc) is 2.80. The van der Waals surface area contributed by atoms with Crippen LogP contribution in [0.5, 0.6) is 0 Å². The molecular formula is C22H18Cl2N2O6S2. The molecule has 4 rings (SSSR count). The number of carboxylic acids is 1. The summed E-state index contributed by atoms with van der Waals surface area (Å²) in [6.45, 7) is 0.100. The Morgan fingerprint density at radius 1 is 1.00 bits per heavy atom. The maximum absolute atomic E-state index is 13.6. The van der Waals surface area contributed by atoms with Gasteiger partial charge in [0.05, 0.1) is 32.7 Å². The maximum Gasteiger partial charge on any atom is 0.337 e. The second-order valence-electron chi connectivity index (χ2n) is 7.41. The second kappa shape index (κ2) is 9.46. The SMILES string of the molecule is O=C(O)c1ccccc1S(=O)(=O)N1CCCc2ccc(N(c3c(Cl)cccc3Cl)[SH](=O)=O)cc21. The molecule has 0 aromatic heterocycles. The second-order valence-corrected chi connectivity index (χ2v) is 10.9. The number of benzene rings is 3. The Labute approximate surface area is 208 Å². The van der Waals surface area contributed by atoms with E-state index in [4.69, 9.17) is 23.2 Å². The van der Waals surface area contributed by atoms with Gasteiger partial charge in [-0.15, -0.1) is 0 Å². The van der Waals surface area contributed by atoms with Crippen molar-refractivity contribution in [1.82, 2.24) is 0 Å². The van der Waals surface area contributed by atoms with Gasteiger partial charge in [-0.1, -0.05) is 47.5 Å². The summed E-state index contributed by atoms with van der Waals surface area (Å²) >= 11 is 12.5. The summed E-state index contributed by atoms with van der Waals surface area (Å²) in [5.74, 6) is -1.37. The van der Waals surface area contributed by atoms with E-state index in [-0.39, 0.29) is 44.1 Å². The van der Waals surface area contributed by atoms with Gasteiger partial charge in [0.15, 0.2) is 0 Å². The molecule has 0 aliphatic carbocycles. The monoisotopic (exact) mass is 540 g/mol. The van der Waals surface area contributed by atoms with E-state index in [0.29, 0.717) is 18.4 Å². The van der Waals surface area contributed by atoms with E-state index in [0.717, 1.165) is 8.61 Å². The lowest BCUT2D eigenvalue weighted by Crippen LogP contribution is -2.36. The van der Waals surface area contributed by atoms with Crippen LogP contribution in [-0.4, -0.2) is 34.5 Å². The minimum absolute atomic E-state index is 0.0448. The lowest BCUT2D eigenvalue weighted by atomic mass is 10.0. The van der Waals surface area contributed by atoms with Crippen molar-refractivity contribution in [2.75, 3.05) is 15.2 Å². The van der Waals surface area contributed by atoms with Crippen LogP contribution in [0.4, 0.5) is 17.1 Å². The minimum Gasteiger partial charge on any atom is -0.478 e. The summed E-state index contributed by atoms with van der Waals surface area (Å²) in [4.78, 5) is 11.3. The highest BCUT2D eigenvalue weighted by Gasteiger charge is 2.33. The summed E-state index contributed by atoms with van der Waals surface area (Å²) in [6.07, 6.45) is 1.08. The molecule has 0 radical (unpaired) electrons. The number of fused-ring (bicyclic) bond motifs is 1. The van der Waals surface area contributed by atoms with Gasteiger partial charge in [0.1, 0.15) is 4.90 Å². The molecule has 0 bridgehead atoms. The largest absolute Gasteiger partial charge is 0.478 e. The molecule has 3 aromatic carbocycles. The molecule has 0 atom stereocenters. The van der Waals surface area contributed by atoms with Gasteiger partial charge in [0.25, 0.3) is 10.0 Å². The highest BCUT2D eigenvalue weighted by Crippen LogP contribution is 2.41. The van der Waals surface area contributed by atoms with Gasteiger partial charge in [0, 0.05) is 6.54 Å². The first-order chi connectivity index (χ1) is 16.1. The Bertz CT molecular complexity index is 1450. The lowest BCUT2D eigenvalue weighted by molar-refractivity contribution is 0.0692. The van der Waals surface area contributed by atoms with Crippen LogP contribution in [0.3, 0.4) is 0 Å². The van der Waals surface area contributed by atoms with Crippen molar-refractivity contribution in [1.29, 1.82) is 0 Å². The van der Waals surface area contributed by atoms with Gasteiger partial charge in [0.2, 0.25) is 10.9 Å². The zero-order valence-corrected chi connectivity index (χ0v) is 20.6. The Morgan fingerprint density at radius 3 is 2.32 bits per heavy atom. The molecule has 0 fully saturated rings. The molecule has 12 heteroatoms. The van der Waals surface area contributed by atoms with Gasteiger partial charge in [-0.3, -0.25) is 4.31 Å². The van der Waals surface area contributed by atoms with Crippen molar-refractivity contribution < 1.29 is 26.7 Å². The molecule has 8 nitrogen and oxygen atoms in total. The summed E-state index contributed by atoms with van der Waals surface area (Å²) in [7, 11) is -7.51. The molecule has 0 spiro atoms. The zero-order chi connectivity index (χ0) is 24.6. The van der Waals surface area contributed by atoms with Crippen LogP contribution in [-0.2, 0) is 27.3 Å². The van der Waals surface area contributed by atoms with E-state index in [9.17, 15) is 26.7 Å². The highest BCUT2D eigenvalue weighted by atomic mass is 35.5. The standard InChI is InChI=1S/C22H18Cl2N2O6S2/c23-17-7-3-8-18(24)21(17)26(33(29)30)15-11-10-14-5-4-12-25(19(14)13-15)34(31,32)20-9-2-1-6-16(20)22(27)28/h1-3,6-11,13,33H,4-5,12H2,(H,27,28). The number of hydrogen-bond acceptors (Lipinski definition) is 5. The Morgan fingerprint density at radius 2 is 1.68 bits per heavy atom. The van der Waals surface area contributed by atoms with E-state index >= 15 is 0 Å². The first kappa shape index (κ1) is 24.3. The molecule has 1 heterocycles. The van der Waals surface area contributed by atoms with Crippen LogP contribution in [0, 0.1) is 0 Å². The number of hydrogen-bond donors (Lipinski definition) is 2. The van der Waals surface area contributed by atoms with Gasteiger partial charge in [-0.2, -0.15) is 0 Å². The third-order valence-electron chi connectivity index (χ3n) is 5.39. The smallest absolute Gasteiger partial charge is 0.337 e. The number of sulfonamides is 1. The minimum atomic E-state index is -4.26. The predicted molar refractivity (Wildman–Crippen MR) is 132 cm³/mol. The number of para-hydroxylation sites is 1. The molecular weight excluding hydrogens is 523 g/mol. The molecule has 178 valence electrons. The summed E-state index contributed by atoms with van der Waals surface area (Å²) < 4.78 is 53.6. The third kappa shape index (κ3) is 4.34. The van der Waals surface area contributed by atoms with E-state index in [1.807, 2.05) is 0 Å². The van der Waals surface area contributed by atoms with Crippen LogP contribution < -0.4 is 8.61 Å². The normalized spacial score (nSPS) is 13.6. The van der Waals surface area contributed by atoms with E-state index < -0.39 is 26.9 Å². The third-order valence-corrected chi connectivity index (χ3v) is 8.63. The van der Waals surface area contributed by atoms with Gasteiger partial charge < -0.3 is 5.11 Å². The van der Waals surface area contributed by atoms with E-state index in [2.05, 4.69) is 0 Å². The highest BCUT2D eigenvalue weighted by molar-refractivity contribution is 7.93. The van der Waals surface area contributed by atoms with Crippen molar-refractivity contribution >= 4 is 67.1 Å². The number of aryl methyl sites for hydroxylation is 1. The summed E-state index contributed by atoms with van der Waals surface area (Å²) in [5.41, 5.74) is 0.770. The van der Waals surface area contributed by atoms with Crippen molar-refractivity contribution in [2.24, 2.45) is 0 Å². The fourth-order valence-electron chi connectivity index (χ4n) is 3.89. The first-order valence-corrected chi connectivity index (χ1v) is 13.3. The van der Waals surface area contributed by atoms with Crippen molar-refractivity contribution in [2.45, 2.75) is 17.7 Å². The number of carbonyl (C=O) groups is 1. The lowest BCUT2D eigenvalue weighted by Gasteiger charge is -2.32. The average molecular weight is 541 g/mol. The van der Waals surface area contributed by atoms with E-state index in [1.165, 1.54) is 42.5 Å². The number of rotatable bonds is 6. The van der Waals surface area contributed by atoms with Crippen molar-refractivity contribution in [3.63, 3.8) is 0 Å². The summed E-state index contributed by atoms with van der Waals surface area (Å²) in [5, 5.41) is 9.70. The van der Waals surface area contributed by atoms with Gasteiger partial charge >= 0.3 is 5.97 Å². The van der Waals surface area contributed by atoms with Crippen molar-refractivity contribution in [3.05, 3.63) is 81.8 Å². The maximum atomic E-state index is 13.6. The number of halogens is 2. The zero-order valence-electron chi connectivity index (χ0n) is 17.4. The fourth-order valence-corrected chi connectivity index (χ4v) is 6.99. The van der Waals surface area contributed by atoms with Crippen LogP contribution in [0.25, 0.3) is 0 Å². The topological polar surface area (TPSA) is 112 Å². The number of carboxylic acid groups (broad SMARTS) is 1. The van der Waals surface area contributed by atoms with Gasteiger partial charge in [-0.05, 0) is 54.8 Å². The number of thiol groups is 1. The molecule has 0 saturated heterocycles. The van der Waals surface area contributed by atoms with Gasteiger partial charge in [-0.25, -0.2) is 25.9 Å². The predicted octanol–water partition coefficient (Wildman–Crippen LogP) is 4.50.